The summed E-state index contributed by atoms with van der Waals surface area (Å²) in [6.07, 6.45) is 8.20. The smallest absolute Gasteiger partial charge is 0.247 e. The minimum atomic E-state index is -0.0675. The van der Waals surface area contributed by atoms with Gasteiger partial charge in [-0.25, -0.2) is 0 Å². The molecule has 0 aromatic carbocycles. The van der Waals surface area contributed by atoms with Gasteiger partial charge in [0.15, 0.2) is 0 Å². The van der Waals surface area contributed by atoms with E-state index in [0.717, 1.165) is 18.7 Å². The van der Waals surface area contributed by atoms with E-state index in [1.54, 1.807) is 6.08 Å². The largest absolute Gasteiger partial charge is 0.326 e. The normalized spacial score (nSPS) is 11.1. The molecule has 0 fully saturated rings. The first kappa shape index (κ1) is 20.0. The highest BCUT2D eigenvalue weighted by molar-refractivity contribution is 5.88. The second kappa shape index (κ2) is 13.1. The molecule has 0 bridgehead atoms. The zero-order valence-corrected chi connectivity index (χ0v) is 13.6. The second-order valence-corrected chi connectivity index (χ2v) is 4.44. The predicted molar refractivity (Wildman–Crippen MR) is 85.0 cm³/mol. The van der Waals surface area contributed by atoms with Crippen LogP contribution < -0.4 is 5.32 Å². The van der Waals surface area contributed by atoms with Crippen LogP contribution in [0.3, 0.4) is 0 Å². The summed E-state index contributed by atoms with van der Waals surface area (Å²) in [4.78, 5) is 13.6. The molecular weight excluding hydrogens is 236 g/mol. The average Bonchev–Trinajstić information content (AvgIpc) is 2.36. The Morgan fingerprint density at radius 3 is 2.16 bits per heavy atom. The highest BCUT2D eigenvalue weighted by atomic mass is 16.1. The molecule has 0 radical (unpaired) electrons. The van der Waals surface area contributed by atoms with E-state index in [2.05, 4.69) is 5.32 Å². The lowest BCUT2D eigenvalue weighted by atomic mass is 10.2. The molecule has 0 rings (SSSR count). The van der Waals surface area contributed by atoms with Crippen LogP contribution in [0.15, 0.2) is 35.6 Å². The monoisotopic (exact) mass is 266 g/mol. The molecule has 0 saturated carbocycles. The topological polar surface area (TPSA) is 32.3 Å². The van der Waals surface area contributed by atoms with Crippen molar-refractivity contribution in [3.05, 3.63) is 35.6 Å². The molecule has 0 aliphatic heterocycles. The summed E-state index contributed by atoms with van der Waals surface area (Å²) >= 11 is 0. The van der Waals surface area contributed by atoms with E-state index in [1.807, 2.05) is 71.8 Å². The maximum absolute atomic E-state index is 11.6. The van der Waals surface area contributed by atoms with Crippen LogP contribution in [0.4, 0.5) is 0 Å². The van der Waals surface area contributed by atoms with Crippen LogP contribution in [0.2, 0.25) is 0 Å². The molecule has 19 heavy (non-hydrogen) atoms. The van der Waals surface area contributed by atoms with Gasteiger partial charge in [-0.05, 0) is 40.4 Å². The van der Waals surface area contributed by atoms with Crippen LogP contribution in [0.1, 0.15) is 41.0 Å². The summed E-state index contributed by atoms with van der Waals surface area (Å²) in [7, 11) is 3.93. The van der Waals surface area contributed by atoms with Crippen molar-refractivity contribution in [1.29, 1.82) is 0 Å². The van der Waals surface area contributed by atoms with Crippen molar-refractivity contribution in [3.8, 4) is 0 Å². The third-order valence-electron chi connectivity index (χ3n) is 2.02. The molecule has 1 N–H and O–H groups in total. The SMILES string of the molecule is CC.CC/C(=C\C=C(C)C)NC(=O)/C=C/CN(C)C. The van der Waals surface area contributed by atoms with Gasteiger partial charge in [0.2, 0.25) is 5.91 Å². The van der Waals surface area contributed by atoms with E-state index in [0.29, 0.717) is 0 Å². The Hall–Kier alpha value is -1.35. The maximum Gasteiger partial charge on any atom is 0.247 e. The van der Waals surface area contributed by atoms with Crippen molar-refractivity contribution in [3.63, 3.8) is 0 Å². The van der Waals surface area contributed by atoms with Gasteiger partial charge in [0.25, 0.3) is 0 Å². The summed E-state index contributed by atoms with van der Waals surface area (Å²) in [5.74, 6) is -0.0675. The fourth-order valence-corrected chi connectivity index (χ4v) is 1.09. The lowest BCUT2D eigenvalue weighted by molar-refractivity contribution is -0.115. The molecule has 3 heteroatoms. The van der Waals surface area contributed by atoms with Gasteiger partial charge in [-0.1, -0.05) is 38.5 Å². The first-order valence-corrected chi connectivity index (χ1v) is 6.92. The second-order valence-electron chi connectivity index (χ2n) is 4.44. The van der Waals surface area contributed by atoms with Crippen LogP contribution in [0.25, 0.3) is 0 Å². The van der Waals surface area contributed by atoms with Gasteiger partial charge in [0.05, 0.1) is 0 Å². The number of carbonyl (C=O) groups is 1. The Kier molecular flexibility index (Phi) is 13.8. The molecule has 0 spiro atoms. The molecule has 0 atom stereocenters. The van der Waals surface area contributed by atoms with Crippen molar-refractivity contribution >= 4 is 5.91 Å². The third-order valence-corrected chi connectivity index (χ3v) is 2.02. The number of likely N-dealkylation sites (N-methyl/N-ethyl adjacent to an activating group) is 1. The number of allylic oxidation sites excluding steroid dienone is 4. The quantitative estimate of drug-likeness (QED) is 0.589. The molecular formula is C16H30N2O. The molecule has 0 saturated heterocycles. The Bertz CT molecular complexity index is 322. The Labute approximate surface area is 119 Å². The molecule has 0 aliphatic carbocycles. The summed E-state index contributed by atoms with van der Waals surface area (Å²) in [6.45, 7) is 10.9. The lowest BCUT2D eigenvalue weighted by Gasteiger charge is -2.06. The van der Waals surface area contributed by atoms with Gasteiger partial charge in [-0.15, -0.1) is 0 Å². The number of nitrogens with zero attached hydrogens (tertiary/aromatic N) is 1. The summed E-state index contributed by atoms with van der Waals surface area (Å²) in [6, 6.07) is 0. The van der Waals surface area contributed by atoms with Crippen molar-refractivity contribution in [1.82, 2.24) is 10.2 Å². The summed E-state index contributed by atoms with van der Waals surface area (Å²) < 4.78 is 0. The summed E-state index contributed by atoms with van der Waals surface area (Å²) in [5, 5.41) is 2.87. The van der Waals surface area contributed by atoms with E-state index in [-0.39, 0.29) is 5.91 Å². The van der Waals surface area contributed by atoms with Crippen LogP contribution in [0, 0.1) is 0 Å². The van der Waals surface area contributed by atoms with Gasteiger partial charge >= 0.3 is 0 Å². The van der Waals surface area contributed by atoms with E-state index in [4.69, 9.17) is 0 Å². The van der Waals surface area contributed by atoms with E-state index < -0.39 is 0 Å². The average molecular weight is 266 g/mol. The van der Waals surface area contributed by atoms with Crippen LogP contribution in [0.5, 0.6) is 0 Å². The number of hydrogen-bond acceptors (Lipinski definition) is 2. The minimum Gasteiger partial charge on any atom is -0.326 e. The number of hydrogen-bond donors (Lipinski definition) is 1. The number of rotatable bonds is 6. The molecule has 110 valence electrons. The van der Waals surface area contributed by atoms with Crippen molar-refractivity contribution in [2.75, 3.05) is 20.6 Å². The third kappa shape index (κ3) is 14.6. The van der Waals surface area contributed by atoms with E-state index in [9.17, 15) is 4.79 Å². The zero-order chi connectivity index (χ0) is 15.3. The van der Waals surface area contributed by atoms with Gasteiger partial charge < -0.3 is 10.2 Å². The van der Waals surface area contributed by atoms with Crippen molar-refractivity contribution in [2.45, 2.75) is 41.0 Å². The van der Waals surface area contributed by atoms with Crippen LogP contribution in [-0.2, 0) is 4.79 Å². The first-order chi connectivity index (χ1) is 8.95. The molecule has 0 aromatic heterocycles. The predicted octanol–water partition coefficient (Wildman–Crippen LogP) is 3.51. The Morgan fingerprint density at radius 1 is 1.16 bits per heavy atom. The molecule has 0 aromatic rings. The minimum absolute atomic E-state index is 0.0675. The van der Waals surface area contributed by atoms with Crippen LogP contribution >= 0.6 is 0 Å². The zero-order valence-electron chi connectivity index (χ0n) is 13.6. The van der Waals surface area contributed by atoms with Crippen LogP contribution in [-0.4, -0.2) is 31.4 Å². The van der Waals surface area contributed by atoms with Crippen molar-refractivity contribution < 1.29 is 4.79 Å². The Morgan fingerprint density at radius 2 is 1.74 bits per heavy atom. The molecule has 0 unspecified atom stereocenters. The molecule has 3 nitrogen and oxygen atoms in total. The van der Waals surface area contributed by atoms with E-state index >= 15 is 0 Å². The van der Waals surface area contributed by atoms with E-state index in [1.165, 1.54) is 5.57 Å². The molecule has 0 heterocycles. The van der Waals surface area contributed by atoms with Gasteiger partial charge in [-0.2, -0.15) is 0 Å². The fraction of sp³-hybridized carbons (Fsp3) is 0.562. The fourth-order valence-electron chi connectivity index (χ4n) is 1.09. The Balaban J connectivity index is 0. The standard InChI is InChI=1S/C14H24N2O.C2H6/c1-6-13(10-9-12(2)3)15-14(17)8-7-11-16(4)5;1-2/h7-10H,6,11H2,1-5H3,(H,15,17);1-2H3/b8-7+,13-10+;. The van der Waals surface area contributed by atoms with Gasteiger partial charge in [0.1, 0.15) is 0 Å². The van der Waals surface area contributed by atoms with Crippen molar-refractivity contribution in [2.24, 2.45) is 0 Å². The molecule has 1 amide bonds. The van der Waals surface area contributed by atoms with Gasteiger partial charge in [0, 0.05) is 18.3 Å². The number of nitrogens with one attached hydrogen (secondary N) is 1. The lowest BCUT2D eigenvalue weighted by Crippen LogP contribution is -2.20. The maximum atomic E-state index is 11.6. The first-order valence-electron chi connectivity index (χ1n) is 6.92. The highest BCUT2D eigenvalue weighted by Gasteiger charge is 1.97. The number of amides is 1. The van der Waals surface area contributed by atoms with Gasteiger partial charge in [-0.3, -0.25) is 4.79 Å². The molecule has 0 aliphatic rings. The summed E-state index contributed by atoms with van der Waals surface area (Å²) in [5.41, 5.74) is 2.15. The highest BCUT2D eigenvalue weighted by Crippen LogP contribution is 1.99. The number of carbonyl (C=O) groups excluding carboxylic acids is 1.